The van der Waals surface area contributed by atoms with Crippen molar-refractivity contribution in [3.05, 3.63) is 35.9 Å². The van der Waals surface area contributed by atoms with Crippen LogP contribution < -0.4 is 5.32 Å². The van der Waals surface area contributed by atoms with E-state index in [0.29, 0.717) is 5.56 Å². The third-order valence-electron chi connectivity index (χ3n) is 3.03. The number of carboxylic acids is 1. The number of alkyl carbamates (subject to hydrolysis) is 1. The number of aliphatic carboxylic acids is 1. The van der Waals surface area contributed by atoms with E-state index in [9.17, 15) is 18.8 Å². The summed E-state index contributed by atoms with van der Waals surface area (Å²) in [6.45, 7) is 2.18. The zero-order valence-electron chi connectivity index (χ0n) is 12.7. The number of benzene rings is 1. The van der Waals surface area contributed by atoms with Crippen molar-refractivity contribution in [2.75, 3.05) is 6.61 Å². The van der Waals surface area contributed by atoms with E-state index in [0.717, 1.165) is 6.92 Å². The van der Waals surface area contributed by atoms with Gasteiger partial charge in [-0.2, -0.15) is 0 Å². The van der Waals surface area contributed by atoms with Gasteiger partial charge in [0.1, 0.15) is 6.61 Å². The summed E-state index contributed by atoms with van der Waals surface area (Å²) in [6, 6.07) is 7.03. The predicted molar refractivity (Wildman–Crippen MR) is 77.3 cm³/mol. The lowest BCUT2D eigenvalue weighted by Gasteiger charge is -2.25. The molecule has 0 fully saturated rings. The molecular weight excluding hydrogens is 309 g/mol. The minimum atomic E-state index is -3.40. The van der Waals surface area contributed by atoms with Crippen molar-refractivity contribution < 1.29 is 33.4 Å². The van der Waals surface area contributed by atoms with Crippen LogP contribution in [-0.2, 0) is 25.7 Å². The van der Waals surface area contributed by atoms with E-state index in [1.165, 1.54) is 6.92 Å². The van der Waals surface area contributed by atoms with Crippen molar-refractivity contribution in [2.45, 2.75) is 32.2 Å². The average molecular weight is 327 g/mol. The first-order chi connectivity index (χ1) is 10.8. The van der Waals surface area contributed by atoms with Crippen molar-refractivity contribution in [1.29, 1.82) is 0 Å². The number of carboxylic acid groups (broad SMARTS) is 1. The fraction of sp³-hybridized carbons (Fsp3) is 0.400. The van der Waals surface area contributed by atoms with Crippen molar-refractivity contribution >= 4 is 18.0 Å². The van der Waals surface area contributed by atoms with Gasteiger partial charge in [-0.3, -0.25) is 0 Å². The highest BCUT2D eigenvalue weighted by Gasteiger charge is 2.54. The summed E-state index contributed by atoms with van der Waals surface area (Å²) >= 11 is 0. The van der Waals surface area contributed by atoms with E-state index in [1.807, 2.05) is 5.32 Å². The van der Waals surface area contributed by atoms with Gasteiger partial charge in [0.2, 0.25) is 0 Å². The molecule has 1 rings (SSSR count). The van der Waals surface area contributed by atoms with Crippen molar-refractivity contribution in [2.24, 2.45) is 0 Å². The number of hydrogen-bond donors (Lipinski definition) is 2. The predicted octanol–water partition coefficient (Wildman–Crippen LogP) is 1.66. The van der Waals surface area contributed by atoms with Gasteiger partial charge in [-0.15, -0.1) is 0 Å². The van der Waals surface area contributed by atoms with E-state index in [1.54, 1.807) is 30.3 Å². The maximum atomic E-state index is 14.5. The largest absolute Gasteiger partial charge is 0.478 e. The van der Waals surface area contributed by atoms with Crippen LogP contribution in [0, 0.1) is 0 Å². The molecule has 8 heteroatoms. The SMILES string of the molecule is CCOC(=O)C(F)(C(=O)O)C(C)NC(=O)OCc1ccccc1. The van der Waals surface area contributed by atoms with Gasteiger partial charge in [0, 0.05) is 0 Å². The molecule has 2 unspecified atom stereocenters. The van der Waals surface area contributed by atoms with Gasteiger partial charge in [-0.25, -0.2) is 18.8 Å². The first kappa shape index (κ1) is 18.4. The third kappa shape index (κ3) is 4.67. The van der Waals surface area contributed by atoms with E-state index >= 15 is 0 Å². The molecule has 0 spiro atoms. The number of halogens is 1. The molecule has 0 aliphatic heterocycles. The molecule has 1 amide bonds. The standard InChI is InChI=1S/C15H18FNO6/c1-3-22-13(20)15(16,12(18)19)10(2)17-14(21)23-9-11-7-5-4-6-8-11/h4-8,10H,3,9H2,1-2H3,(H,17,21)(H,18,19). The van der Waals surface area contributed by atoms with Crippen LogP contribution in [0.15, 0.2) is 30.3 Å². The Balaban J connectivity index is 2.67. The second-order valence-electron chi connectivity index (χ2n) is 4.67. The monoisotopic (exact) mass is 327 g/mol. The van der Waals surface area contributed by atoms with Gasteiger partial charge in [0.15, 0.2) is 0 Å². The lowest BCUT2D eigenvalue weighted by Crippen LogP contribution is -2.58. The smallest absolute Gasteiger partial charge is 0.407 e. The molecule has 1 aromatic rings. The Morgan fingerprint density at radius 2 is 1.87 bits per heavy atom. The Bertz CT molecular complexity index is 564. The van der Waals surface area contributed by atoms with Crippen LogP contribution in [0.1, 0.15) is 19.4 Å². The molecule has 7 nitrogen and oxygen atoms in total. The molecule has 1 aromatic carbocycles. The fourth-order valence-electron chi connectivity index (χ4n) is 1.73. The fourth-order valence-corrected chi connectivity index (χ4v) is 1.73. The first-order valence-corrected chi connectivity index (χ1v) is 6.89. The molecule has 0 heterocycles. The Morgan fingerprint density at radius 1 is 1.26 bits per heavy atom. The van der Waals surface area contributed by atoms with E-state index < -0.39 is 29.7 Å². The third-order valence-corrected chi connectivity index (χ3v) is 3.03. The number of esters is 1. The number of amides is 1. The van der Waals surface area contributed by atoms with Crippen molar-refractivity contribution in [1.82, 2.24) is 5.32 Å². The summed E-state index contributed by atoms with van der Waals surface area (Å²) in [6.07, 6.45) is -1.05. The number of rotatable bonds is 7. The van der Waals surface area contributed by atoms with Crippen LogP contribution >= 0.6 is 0 Å². The number of carbonyl (C=O) groups excluding carboxylic acids is 2. The molecule has 0 bridgehead atoms. The van der Waals surface area contributed by atoms with Crippen LogP contribution in [0.2, 0.25) is 0 Å². The van der Waals surface area contributed by atoms with Crippen LogP contribution in [0.3, 0.4) is 0 Å². The van der Waals surface area contributed by atoms with Crippen LogP contribution in [0.5, 0.6) is 0 Å². The Labute approximate surface area is 132 Å². The lowest BCUT2D eigenvalue weighted by molar-refractivity contribution is -0.172. The summed E-state index contributed by atoms with van der Waals surface area (Å²) in [5, 5.41) is 10.9. The summed E-state index contributed by atoms with van der Waals surface area (Å²) < 4.78 is 23.7. The number of alkyl halides is 1. The Morgan fingerprint density at radius 3 is 2.39 bits per heavy atom. The number of ether oxygens (including phenoxy) is 2. The summed E-state index contributed by atoms with van der Waals surface area (Å²) in [7, 11) is 0. The zero-order chi connectivity index (χ0) is 17.5. The van der Waals surface area contributed by atoms with Gasteiger partial charge in [-0.1, -0.05) is 30.3 Å². The average Bonchev–Trinajstić information content (AvgIpc) is 2.52. The second kappa shape index (κ2) is 8.11. The lowest BCUT2D eigenvalue weighted by atomic mass is 9.98. The van der Waals surface area contributed by atoms with E-state index in [2.05, 4.69) is 4.74 Å². The van der Waals surface area contributed by atoms with Crippen molar-refractivity contribution in [3.8, 4) is 0 Å². The number of carbonyl (C=O) groups is 3. The highest BCUT2D eigenvalue weighted by molar-refractivity contribution is 6.04. The molecule has 0 saturated heterocycles. The maximum Gasteiger partial charge on any atom is 0.407 e. The summed E-state index contributed by atoms with van der Waals surface area (Å²) in [5.74, 6) is -3.63. The molecule has 126 valence electrons. The van der Waals surface area contributed by atoms with Crippen molar-refractivity contribution in [3.63, 3.8) is 0 Å². The molecule has 0 aliphatic rings. The van der Waals surface area contributed by atoms with Gasteiger partial charge in [0.25, 0.3) is 0 Å². The van der Waals surface area contributed by atoms with Gasteiger partial charge in [-0.05, 0) is 19.4 Å². The van der Waals surface area contributed by atoms with Gasteiger partial charge < -0.3 is 19.9 Å². The summed E-state index contributed by atoms with van der Waals surface area (Å²) in [5.41, 5.74) is -2.70. The van der Waals surface area contributed by atoms with Crippen LogP contribution in [0.25, 0.3) is 0 Å². The molecule has 0 aromatic heterocycles. The van der Waals surface area contributed by atoms with Gasteiger partial charge in [0.05, 0.1) is 12.6 Å². The minimum absolute atomic E-state index is 0.0782. The first-order valence-electron chi connectivity index (χ1n) is 6.89. The van der Waals surface area contributed by atoms with Gasteiger partial charge >= 0.3 is 23.7 Å². The zero-order valence-corrected chi connectivity index (χ0v) is 12.7. The second-order valence-corrected chi connectivity index (χ2v) is 4.67. The highest BCUT2D eigenvalue weighted by atomic mass is 19.1. The van der Waals surface area contributed by atoms with Crippen LogP contribution in [-0.4, -0.2) is 41.5 Å². The molecule has 0 aliphatic carbocycles. The van der Waals surface area contributed by atoms with E-state index in [4.69, 9.17) is 9.84 Å². The Hall–Kier alpha value is -2.64. The molecule has 2 N–H and O–H groups in total. The maximum absolute atomic E-state index is 14.5. The Kier molecular flexibility index (Phi) is 6.49. The normalized spacial score (nSPS) is 14.2. The molecule has 0 radical (unpaired) electrons. The topological polar surface area (TPSA) is 102 Å². The van der Waals surface area contributed by atoms with E-state index in [-0.39, 0.29) is 13.2 Å². The van der Waals surface area contributed by atoms with Crippen LogP contribution in [0.4, 0.5) is 9.18 Å². The quantitative estimate of drug-likeness (QED) is 0.583. The number of hydrogen-bond acceptors (Lipinski definition) is 5. The number of nitrogens with one attached hydrogen (secondary N) is 1. The molecular formula is C15H18FNO6. The summed E-state index contributed by atoms with van der Waals surface area (Å²) in [4.78, 5) is 34.2. The molecule has 23 heavy (non-hydrogen) atoms. The molecule has 2 atom stereocenters. The highest BCUT2D eigenvalue weighted by Crippen LogP contribution is 2.20. The molecule has 0 saturated carbocycles. The minimum Gasteiger partial charge on any atom is -0.478 e.